The molecular weight excluding hydrogens is 308 g/mol. The molecule has 2 aliphatic heterocycles. The van der Waals surface area contributed by atoms with Crippen LogP contribution in [0.5, 0.6) is 0 Å². The van der Waals surface area contributed by atoms with E-state index in [1.807, 2.05) is 6.07 Å². The molecule has 2 fully saturated rings. The van der Waals surface area contributed by atoms with Crippen molar-refractivity contribution < 1.29 is 19.5 Å². The van der Waals surface area contributed by atoms with Crippen molar-refractivity contribution in [3.63, 3.8) is 0 Å². The molecule has 0 aromatic heterocycles. The summed E-state index contributed by atoms with van der Waals surface area (Å²) >= 11 is 0. The van der Waals surface area contributed by atoms with Crippen LogP contribution < -0.4 is 0 Å². The highest BCUT2D eigenvalue weighted by molar-refractivity contribution is 5.97. The van der Waals surface area contributed by atoms with E-state index in [9.17, 15) is 19.5 Å². The molecule has 3 rings (SSSR count). The number of carboxylic acids is 1. The van der Waals surface area contributed by atoms with Gasteiger partial charge >= 0.3 is 5.97 Å². The van der Waals surface area contributed by atoms with E-state index in [0.29, 0.717) is 31.5 Å². The van der Waals surface area contributed by atoms with Crippen molar-refractivity contribution in [3.8, 4) is 0 Å². The molecule has 0 spiro atoms. The van der Waals surface area contributed by atoms with Gasteiger partial charge in [0.1, 0.15) is 6.04 Å². The molecule has 128 valence electrons. The minimum absolute atomic E-state index is 0.147. The first kappa shape index (κ1) is 16.5. The van der Waals surface area contributed by atoms with Gasteiger partial charge in [-0.2, -0.15) is 0 Å². The Kier molecular flexibility index (Phi) is 4.83. The third-order valence-corrected chi connectivity index (χ3v) is 4.77. The van der Waals surface area contributed by atoms with Gasteiger partial charge in [0.25, 0.3) is 5.91 Å². The highest BCUT2D eigenvalue weighted by Crippen LogP contribution is 2.21. The topological polar surface area (TPSA) is 77.9 Å². The van der Waals surface area contributed by atoms with Crippen molar-refractivity contribution in [2.24, 2.45) is 0 Å². The number of benzene rings is 1. The molecule has 1 aromatic carbocycles. The van der Waals surface area contributed by atoms with Crippen LogP contribution in [0.3, 0.4) is 0 Å². The normalized spacial score (nSPS) is 21.2. The fourth-order valence-corrected chi connectivity index (χ4v) is 3.49. The number of rotatable bonds is 4. The number of carboxylic acid groups (broad SMARTS) is 1. The number of amides is 2. The van der Waals surface area contributed by atoms with Gasteiger partial charge in [0.15, 0.2) is 0 Å². The lowest BCUT2D eigenvalue weighted by molar-refractivity contribution is -0.143. The molecule has 24 heavy (non-hydrogen) atoms. The molecule has 1 N–H and O–H groups in total. The number of carbonyl (C=O) groups excluding carboxylic acids is 2. The van der Waals surface area contributed by atoms with Crippen molar-refractivity contribution in [1.29, 1.82) is 0 Å². The summed E-state index contributed by atoms with van der Waals surface area (Å²) in [6, 6.07) is 6.44. The zero-order chi connectivity index (χ0) is 17.1. The Balaban J connectivity index is 1.76. The Labute approximate surface area is 141 Å². The molecule has 6 nitrogen and oxygen atoms in total. The molecule has 0 bridgehead atoms. The number of hydrogen-bond acceptors (Lipinski definition) is 3. The standard InChI is InChI=1S/C18H22N2O4/c21-16-8-4-9-19(16)12-13-5-3-6-14(11-13)17(22)20-10-2-1-7-15(20)18(23)24/h3,5-6,11,15H,1-2,4,7-10,12H2,(H,23,24)/t15-/m1/s1. The molecule has 0 unspecified atom stereocenters. The third kappa shape index (κ3) is 3.42. The Morgan fingerprint density at radius 3 is 2.71 bits per heavy atom. The molecule has 2 heterocycles. The molecular formula is C18H22N2O4. The van der Waals surface area contributed by atoms with Crippen LogP contribution >= 0.6 is 0 Å². The van der Waals surface area contributed by atoms with Gasteiger partial charge in [0.2, 0.25) is 5.91 Å². The SMILES string of the molecule is O=C(O)[C@H]1CCCCN1C(=O)c1cccc(CN2CCCC2=O)c1. The number of nitrogens with zero attached hydrogens (tertiary/aromatic N) is 2. The van der Waals surface area contributed by atoms with Crippen LogP contribution in [0.25, 0.3) is 0 Å². The van der Waals surface area contributed by atoms with Crippen molar-refractivity contribution in [3.05, 3.63) is 35.4 Å². The van der Waals surface area contributed by atoms with Gasteiger partial charge in [-0.1, -0.05) is 12.1 Å². The Morgan fingerprint density at radius 1 is 1.17 bits per heavy atom. The van der Waals surface area contributed by atoms with E-state index in [0.717, 1.165) is 31.4 Å². The molecule has 0 radical (unpaired) electrons. The Morgan fingerprint density at radius 2 is 2.00 bits per heavy atom. The second-order valence-electron chi connectivity index (χ2n) is 6.47. The van der Waals surface area contributed by atoms with Gasteiger partial charge < -0.3 is 14.9 Å². The van der Waals surface area contributed by atoms with E-state index < -0.39 is 12.0 Å². The summed E-state index contributed by atoms with van der Waals surface area (Å²) in [5.41, 5.74) is 1.40. The largest absolute Gasteiger partial charge is 0.480 e. The smallest absolute Gasteiger partial charge is 0.326 e. The summed E-state index contributed by atoms with van der Waals surface area (Å²) < 4.78 is 0. The fraction of sp³-hybridized carbons (Fsp3) is 0.500. The monoisotopic (exact) mass is 330 g/mol. The molecule has 0 saturated carbocycles. The van der Waals surface area contributed by atoms with Crippen LogP contribution in [0.1, 0.15) is 48.0 Å². The van der Waals surface area contributed by atoms with Gasteiger partial charge in [0.05, 0.1) is 0 Å². The molecule has 6 heteroatoms. The number of hydrogen-bond donors (Lipinski definition) is 1. The maximum absolute atomic E-state index is 12.8. The molecule has 2 amide bonds. The number of piperidine rings is 1. The molecule has 1 aromatic rings. The van der Waals surface area contributed by atoms with E-state index in [2.05, 4.69) is 0 Å². The summed E-state index contributed by atoms with van der Waals surface area (Å²) in [5, 5.41) is 9.34. The van der Waals surface area contributed by atoms with Crippen molar-refractivity contribution >= 4 is 17.8 Å². The lowest BCUT2D eigenvalue weighted by Crippen LogP contribution is -2.48. The summed E-state index contributed by atoms with van der Waals surface area (Å²) in [7, 11) is 0. The quantitative estimate of drug-likeness (QED) is 0.914. The summed E-state index contributed by atoms with van der Waals surface area (Å²) in [5.74, 6) is -1.03. The van der Waals surface area contributed by atoms with Crippen LogP contribution in [0.4, 0.5) is 0 Å². The van der Waals surface area contributed by atoms with E-state index in [1.165, 1.54) is 4.90 Å². The minimum Gasteiger partial charge on any atom is -0.480 e. The predicted molar refractivity (Wildman–Crippen MR) is 87.4 cm³/mol. The maximum atomic E-state index is 12.8. The second kappa shape index (κ2) is 7.03. The first-order valence-electron chi connectivity index (χ1n) is 8.47. The van der Waals surface area contributed by atoms with Crippen LogP contribution in [0, 0.1) is 0 Å². The van der Waals surface area contributed by atoms with E-state index in [4.69, 9.17) is 0 Å². The maximum Gasteiger partial charge on any atom is 0.326 e. The zero-order valence-corrected chi connectivity index (χ0v) is 13.6. The van der Waals surface area contributed by atoms with Crippen LogP contribution in [-0.2, 0) is 16.1 Å². The molecule has 0 aliphatic carbocycles. The van der Waals surface area contributed by atoms with Crippen LogP contribution in [0.2, 0.25) is 0 Å². The lowest BCUT2D eigenvalue weighted by atomic mass is 10.0. The number of aliphatic carboxylic acids is 1. The fourth-order valence-electron chi connectivity index (χ4n) is 3.49. The first-order chi connectivity index (χ1) is 11.6. The summed E-state index contributed by atoms with van der Waals surface area (Å²) in [6.45, 7) is 1.73. The summed E-state index contributed by atoms with van der Waals surface area (Å²) in [6.07, 6.45) is 3.64. The van der Waals surface area contributed by atoms with E-state index >= 15 is 0 Å². The number of likely N-dealkylation sites (tertiary alicyclic amines) is 2. The summed E-state index contributed by atoms with van der Waals surface area (Å²) in [4.78, 5) is 39.2. The van der Waals surface area contributed by atoms with Gasteiger partial charge in [-0.3, -0.25) is 9.59 Å². The Hall–Kier alpha value is -2.37. The van der Waals surface area contributed by atoms with Crippen molar-refractivity contribution in [2.75, 3.05) is 13.1 Å². The van der Waals surface area contributed by atoms with E-state index in [-0.39, 0.29) is 11.8 Å². The van der Waals surface area contributed by atoms with Crippen LogP contribution in [-0.4, -0.2) is 51.8 Å². The highest BCUT2D eigenvalue weighted by Gasteiger charge is 2.32. The average molecular weight is 330 g/mol. The van der Waals surface area contributed by atoms with Crippen molar-refractivity contribution in [2.45, 2.75) is 44.7 Å². The first-order valence-corrected chi connectivity index (χ1v) is 8.47. The van der Waals surface area contributed by atoms with Crippen LogP contribution in [0.15, 0.2) is 24.3 Å². The minimum atomic E-state index is -0.943. The second-order valence-corrected chi connectivity index (χ2v) is 6.47. The highest BCUT2D eigenvalue weighted by atomic mass is 16.4. The van der Waals surface area contributed by atoms with Crippen molar-refractivity contribution in [1.82, 2.24) is 9.80 Å². The number of carbonyl (C=O) groups is 3. The average Bonchev–Trinajstić information content (AvgIpc) is 2.99. The predicted octanol–water partition coefficient (Wildman–Crippen LogP) is 1.89. The van der Waals surface area contributed by atoms with Gasteiger partial charge in [0, 0.05) is 31.6 Å². The Bertz CT molecular complexity index is 658. The van der Waals surface area contributed by atoms with Gasteiger partial charge in [-0.05, 0) is 43.4 Å². The zero-order valence-electron chi connectivity index (χ0n) is 13.6. The molecule has 2 saturated heterocycles. The lowest BCUT2D eigenvalue weighted by Gasteiger charge is -2.33. The van der Waals surface area contributed by atoms with Gasteiger partial charge in [-0.25, -0.2) is 4.79 Å². The molecule has 1 atom stereocenters. The van der Waals surface area contributed by atoms with E-state index in [1.54, 1.807) is 23.1 Å². The van der Waals surface area contributed by atoms with Gasteiger partial charge in [-0.15, -0.1) is 0 Å². The molecule has 2 aliphatic rings. The third-order valence-electron chi connectivity index (χ3n) is 4.77.